The maximum atomic E-state index is 10.7. The Kier molecular flexibility index (Phi) is 4.96. The number of aryl methyl sites for hydroxylation is 1. The lowest BCUT2D eigenvalue weighted by Gasteiger charge is -2.17. The van der Waals surface area contributed by atoms with Crippen LogP contribution in [0.4, 0.5) is 0 Å². The Balaban J connectivity index is 0.000000163. The van der Waals surface area contributed by atoms with Crippen molar-refractivity contribution in [1.29, 1.82) is 0 Å². The van der Waals surface area contributed by atoms with Gasteiger partial charge in [0.25, 0.3) is 0 Å². The van der Waals surface area contributed by atoms with Crippen molar-refractivity contribution in [2.24, 2.45) is 5.92 Å². The summed E-state index contributed by atoms with van der Waals surface area (Å²) in [6, 6.07) is 0. The number of carbonyl (C=O) groups is 1. The zero-order chi connectivity index (χ0) is 13.7. The highest BCUT2D eigenvalue weighted by molar-refractivity contribution is 5.70. The summed E-state index contributed by atoms with van der Waals surface area (Å²) in [5, 5.41) is 15.5. The molecule has 19 heavy (non-hydrogen) atoms. The van der Waals surface area contributed by atoms with Gasteiger partial charge < -0.3 is 9.84 Å². The van der Waals surface area contributed by atoms with Crippen LogP contribution in [0.5, 0.6) is 0 Å². The number of fused-ring (bicyclic) bond motifs is 1. The van der Waals surface area contributed by atoms with Crippen LogP contribution in [0.15, 0.2) is 6.20 Å². The largest absolute Gasteiger partial charge is 0.481 e. The molecule has 1 saturated heterocycles. The van der Waals surface area contributed by atoms with Gasteiger partial charge in [0.1, 0.15) is 0 Å². The second kappa shape index (κ2) is 6.70. The minimum atomic E-state index is -0.693. The molecule has 106 valence electrons. The Morgan fingerprint density at radius 3 is 2.89 bits per heavy atom. The normalized spacial score (nSPS) is 25.9. The molecule has 2 atom stereocenters. The van der Waals surface area contributed by atoms with E-state index in [0.29, 0.717) is 12.5 Å². The molecule has 0 saturated carbocycles. The van der Waals surface area contributed by atoms with E-state index in [1.165, 1.54) is 19.3 Å². The van der Waals surface area contributed by atoms with Gasteiger partial charge in [-0.1, -0.05) is 0 Å². The lowest BCUT2D eigenvalue weighted by molar-refractivity contribution is -0.142. The number of carboxylic acids is 1. The minimum Gasteiger partial charge on any atom is -0.481 e. The lowest BCUT2D eigenvalue weighted by Crippen LogP contribution is -2.21. The molecule has 2 N–H and O–H groups in total. The number of aromatic nitrogens is 2. The zero-order valence-electron chi connectivity index (χ0n) is 11.4. The first kappa shape index (κ1) is 14.1. The van der Waals surface area contributed by atoms with E-state index in [-0.39, 0.29) is 5.92 Å². The van der Waals surface area contributed by atoms with Gasteiger partial charge in [-0.3, -0.25) is 9.89 Å². The topological polar surface area (TPSA) is 75.2 Å². The quantitative estimate of drug-likeness (QED) is 0.817. The molecule has 0 radical (unpaired) electrons. The standard InChI is InChI=1S/C8H10N2O2.C6H12O/c11-8(12)5-1-2-7-6(3-5)4-9-10-7;1-6-4-2-3-5-7-6/h4-5H,1-3H2,(H,9,10)(H,11,12);6H,2-5H2,1H3. The summed E-state index contributed by atoms with van der Waals surface area (Å²) in [7, 11) is 0. The lowest BCUT2D eigenvalue weighted by atomic mass is 9.88. The molecule has 3 rings (SSSR count). The van der Waals surface area contributed by atoms with Crippen LogP contribution in [0, 0.1) is 5.92 Å². The van der Waals surface area contributed by atoms with Crippen LogP contribution >= 0.6 is 0 Å². The Labute approximate surface area is 113 Å². The fourth-order valence-corrected chi connectivity index (χ4v) is 2.53. The molecular weight excluding hydrogens is 244 g/mol. The Hall–Kier alpha value is -1.36. The van der Waals surface area contributed by atoms with Crippen molar-refractivity contribution in [3.63, 3.8) is 0 Å². The van der Waals surface area contributed by atoms with E-state index in [9.17, 15) is 4.79 Å². The molecule has 2 heterocycles. The monoisotopic (exact) mass is 266 g/mol. The van der Waals surface area contributed by atoms with E-state index in [1.54, 1.807) is 6.20 Å². The fraction of sp³-hybridized carbons (Fsp3) is 0.714. The molecule has 1 aliphatic carbocycles. The number of nitrogens with one attached hydrogen (secondary N) is 1. The molecule has 1 aromatic rings. The van der Waals surface area contributed by atoms with Crippen LogP contribution in [0.25, 0.3) is 0 Å². The van der Waals surface area contributed by atoms with Gasteiger partial charge in [0.15, 0.2) is 0 Å². The summed E-state index contributed by atoms with van der Waals surface area (Å²) < 4.78 is 5.28. The number of hydrogen-bond acceptors (Lipinski definition) is 3. The second-order valence-corrected chi connectivity index (χ2v) is 5.33. The molecular formula is C14H22N2O3. The molecule has 1 aliphatic heterocycles. The number of carboxylic acid groups (broad SMARTS) is 1. The van der Waals surface area contributed by atoms with Crippen LogP contribution in [0.1, 0.15) is 43.9 Å². The molecule has 0 bridgehead atoms. The summed E-state index contributed by atoms with van der Waals surface area (Å²) in [6.45, 7) is 3.13. The van der Waals surface area contributed by atoms with Crippen LogP contribution < -0.4 is 0 Å². The van der Waals surface area contributed by atoms with Crippen LogP contribution in [0.2, 0.25) is 0 Å². The van der Waals surface area contributed by atoms with E-state index in [1.807, 2.05) is 0 Å². The van der Waals surface area contributed by atoms with Crippen molar-refractivity contribution in [1.82, 2.24) is 10.2 Å². The smallest absolute Gasteiger partial charge is 0.306 e. The highest BCUT2D eigenvalue weighted by Crippen LogP contribution is 2.23. The first-order chi connectivity index (χ1) is 9.16. The van der Waals surface area contributed by atoms with Crippen molar-refractivity contribution < 1.29 is 14.6 Å². The van der Waals surface area contributed by atoms with Crippen LogP contribution in [-0.4, -0.2) is 34.0 Å². The summed E-state index contributed by atoms with van der Waals surface area (Å²) >= 11 is 0. The van der Waals surface area contributed by atoms with E-state index >= 15 is 0 Å². The first-order valence-corrected chi connectivity index (χ1v) is 7.02. The molecule has 5 nitrogen and oxygen atoms in total. The molecule has 5 heteroatoms. The van der Waals surface area contributed by atoms with E-state index in [2.05, 4.69) is 17.1 Å². The van der Waals surface area contributed by atoms with Gasteiger partial charge >= 0.3 is 5.97 Å². The summed E-state index contributed by atoms with van der Waals surface area (Å²) in [5.74, 6) is -0.906. The summed E-state index contributed by atoms with van der Waals surface area (Å²) in [4.78, 5) is 10.7. The maximum Gasteiger partial charge on any atom is 0.306 e. The van der Waals surface area contributed by atoms with Crippen molar-refractivity contribution in [3.05, 3.63) is 17.5 Å². The number of aromatic amines is 1. The van der Waals surface area contributed by atoms with Crippen molar-refractivity contribution >= 4 is 5.97 Å². The van der Waals surface area contributed by atoms with Gasteiger partial charge in [-0.2, -0.15) is 5.10 Å². The van der Waals surface area contributed by atoms with Gasteiger partial charge in [-0.05, 0) is 51.0 Å². The summed E-state index contributed by atoms with van der Waals surface area (Å²) in [6.07, 6.45) is 8.32. The molecule has 1 aromatic heterocycles. The number of rotatable bonds is 1. The number of nitrogens with zero attached hydrogens (tertiary/aromatic N) is 1. The Morgan fingerprint density at radius 1 is 1.47 bits per heavy atom. The predicted molar refractivity (Wildman–Crippen MR) is 71.0 cm³/mol. The first-order valence-electron chi connectivity index (χ1n) is 7.02. The zero-order valence-corrected chi connectivity index (χ0v) is 11.4. The highest BCUT2D eigenvalue weighted by atomic mass is 16.5. The molecule has 1 fully saturated rings. The number of hydrogen-bond donors (Lipinski definition) is 2. The minimum absolute atomic E-state index is 0.213. The third-order valence-corrected chi connectivity index (χ3v) is 3.77. The molecule has 2 unspecified atom stereocenters. The average molecular weight is 266 g/mol. The molecule has 0 aromatic carbocycles. The maximum absolute atomic E-state index is 10.7. The van der Waals surface area contributed by atoms with E-state index in [4.69, 9.17) is 9.84 Å². The van der Waals surface area contributed by atoms with Gasteiger partial charge in [-0.25, -0.2) is 0 Å². The average Bonchev–Trinajstić information content (AvgIpc) is 2.87. The van der Waals surface area contributed by atoms with E-state index in [0.717, 1.165) is 30.7 Å². The number of H-pyrrole nitrogens is 1. The van der Waals surface area contributed by atoms with Crippen LogP contribution in [-0.2, 0) is 22.4 Å². The fourth-order valence-electron chi connectivity index (χ4n) is 2.53. The Morgan fingerprint density at radius 2 is 2.32 bits per heavy atom. The third-order valence-electron chi connectivity index (χ3n) is 3.77. The van der Waals surface area contributed by atoms with E-state index < -0.39 is 5.97 Å². The highest BCUT2D eigenvalue weighted by Gasteiger charge is 2.24. The number of aliphatic carboxylic acids is 1. The SMILES string of the molecule is CC1CCCCO1.O=C(O)C1CCc2[nH]ncc2C1. The second-order valence-electron chi connectivity index (χ2n) is 5.33. The van der Waals surface area contributed by atoms with Gasteiger partial charge in [-0.15, -0.1) is 0 Å². The number of ether oxygens (including phenoxy) is 1. The van der Waals surface area contributed by atoms with Crippen molar-refractivity contribution in [2.45, 2.75) is 51.6 Å². The van der Waals surface area contributed by atoms with Gasteiger partial charge in [0.2, 0.25) is 0 Å². The van der Waals surface area contributed by atoms with Gasteiger partial charge in [0.05, 0.1) is 18.2 Å². The van der Waals surface area contributed by atoms with Crippen LogP contribution in [0.3, 0.4) is 0 Å². The third kappa shape index (κ3) is 4.06. The van der Waals surface area contributed by atoms with Gasteiger partial charge in [0, 0.05) is 12.3 Å². The van der Waals surface area contributed by atoms with Crippen molar-refractivity contribution in [2.75, 3.05) is 6.61 Å². The Bertz CT molecular complexity index is 411. The molecule has 0 spiro atoms. The van der Waals surface area contributed by atoms with Crippen molar-refractivity contribution in [3.8, 4) is 0 Å². The summed E-state index contributed by atoms with van der Waals surface area (Å²) in [5.41, 5.74) is 2.17. The molecule has 2 aliphatic rings. The predicted octanol–water partition coefficient (Wildman–Crippen LogP) is 2.17. The molecule has 0 amide bonds.